The Kier molecular flexibility index (Phi) is 4.90. The molecule has 0 radical (unpaired) electrons. The van der Waals surface area contributed by atoms with Crippen LogP contribution in [0.1, 0.15) is 15.9 Å². The molecule has 0 unspecified atom stereocenters. The smallest absolute Gasteiger partial charge is 0.257 e. The van der Waals surface area contributed by atoms with Gasteiger partial charge in [0.05, 0.1) is 24.2 Å². The van der Waals surface area contributed by atoms with Gasteiger partial charge in [0.15, 0.2) is 5.65 Å². The van der Waals surface area contributed by atoms with Crippen molar-refractivity contribution in [1.29, 1.82) is 0 Å². The first-order valence-electron chi connectivity index (χ1n) is 9.04. The average molecular weight is 375 g/mol. The van der Waals surface area contributed by atoms with E-state index in [0.29, 0.717) is 42.2 Å². The third-order valence-corrected chi connectivity index (χ3v) is 4.59. The van der Waals surface area contributed by atoms with Gasteiger partial charge in [-0.15, -0.1) is 0 Å². The van der Waals surface area contributed by atoms with Crippen LogP contribution in [0, 0.1) is 0 Å². The molecule has 4 aromatic rings. The highest BCUT2D eigenvalue weighted by Crippen LogP contribution is 2.28. The van der Waals surface area contributed by atoms with Crippen LogP contribution in [0.4, 0.5) is 5.82 Å². The molecule has 0 bridgehead atoms. The number of hydrogen-bond donors (Lipinski definition) is 2. The highest BCUT2D eigenvalue weighted by molar-refractivity contribution is 6.10. The Balaban J connectivity index is 1.88. The summed E-state index contributed by atoms with van der Waals surface area (Å²) in [6.45, 7) is 1.31. The summed E-state index contributed by atoms with van der Waals surface area (Å²) in [6.07, 6.45) is 0. The second-order valence-electron chi connectivity index (χ2n) is 6.47. The summed E-state index contributed by atoms with van der Waals surface area (Å²) in [5, 5.41) is 2.83. The topological polar surface area (TPSA) is 95.1 Å². The third-order valence-electron chi connectivity index (χ3n) is 4.59. The fourth-order valence-electron chi connectivity index (χ4n) is 3.22. The number of nitrogens with one attached hydrogen (secondary N) is 1. The minimum absolute atomic E-state index is 0.282. The number of para-hydroxylation sites is 2. The maximum Gasteiger partial charge on any atom is 0.257 e. The monoisotopic (exact) mass is 375 g/mol. The van der Waals surface area contributed by atoms with Crippen molar-refractivity contribution in [2.75, 3.05) is 26.0 Å². The molecule has 3 N–H and O–H groups in total. The molecule has 2 aromatic carbocycles. The summed E-state index contributed by atoms with van der Waals surface area (Å²) in [5.74, 6) is 0.0695. The molecule has 7 heteroatoms. The number of nitrogens with zero attached hydrogens (tertiary/aromatic N) is 3. The lowest BCUT2D eigenvalue weighted by Gasteiger charge is -2.08. The molecule has 0 saturated carbocycles. The number of aromatic nitrogens is 3. The van der Waals surface area contributed by atoms with Gasteiger partial charge in [-0.1, -0.05) is 42.5 Å². The van der Waals surface area contributed by atoms with E-state index in [1.54, 1.807) is 7.11 Å². The molecule has 0 spiro atoms. The second kappa shape index (κ2) is 7.66. The van der Waals surface area contributed by atoms with E-state index in [1.807, 2.05) is 59.2 Å². The van der Waals surface area contributed by atoms with Gasteiger partial charge in [-0.3, -0.25) is 4.79 Å². The summed E-state index contributed by atoms with van der Waals surface area (Å²) in [5.41, 5.74) is 10.4. The van der Waals surface area contributed by atoms with Crippen molar-refractivity contribution in [3.8, 4) is 0 Å². The molecule has 0 aliphatic heterocycles. The molecular formula is C21H21N5O2. The van der Waals surface area contributed by atoms with E-state index in [9.17, 15) is 4.79 Å². The van der Waals surface area contributed by atoms with E-state index < -0.39 is 0 Å². The van der Waals surface area contributed by atoms with Crippen LogP contribution < -0.4 is 11.1 Å². The van der Waals surface area contributed by atoms with Gasteiger partial charge in [0.25, 0.3) is 5.91 Å². The van der Waals surface area contributed by atoms with Crippen LogP contribution >= 0.6 is 0 Å². The van der Waals surface area contributed by atoms with Gasteiger partial charge >= 0.3 is 0 Å². The number of rotatable bonds is 6. The molecule has 0 saturated heterocycles. The highest BCUT2D eigenvalue weighted by Gasteiger charge is 2.23. The minimum Gasteiger partial charge on any atom is -0.384 e. The Labute approximate surface area is 162 Å². The zero-order chi connectivity index (χ0) is 19.5. The molecule has 0 atom stereocenters. The van der Waals surface area contributed by atoms with Gasteiger partial charge in [-0.05, 0) is 17.7 Å². The standard InChI is InChI=1S/C21H21N5O2/c1-28-12-11-23-21(27)17-18-20(25-16-10-6-5-9-15(16)24-18)26(19(17)22)13-14-7-3-2-4-8-14/h2-10H,11-13,22H2,1H3,(H,23,27). The lowest BCUT2D eigenvalue weighted by Crippen LogP contribution is -2.27. The molecule has 2 heterocycles. The van der Waals surface area contributed by atoms with Crippen LogP contribution in [-0.2, 0) is 11.3 Å². The highest BCUT2D eigenvalue weighted by atomic mass is 16.5. The number of anilines is 1. The van der Waals surface area contributed by atoms with Crippen molar-refractivity contribution < 1.29 is 9.53 Å². The molecule has 28 heavy (non-hydrogen) atoms. The van der Waals surface area contributed by atoms with Crippen LogP contribution in [0.2, 0.25) is 0 Å². The normalized spacial score (nSPS) is 11.2. The first-order valence-corrected chi connectivity index (χ1v) is 9.04. The molecule has 142 valence electrons. The lowest BCUT2D eigenvalue weighted by atomic mass is 10.2. The Morgan fingerprint density at radius 3 is 2.46 bits per heavy atom. The van der Waals surface area contributed by atoms with Gasteiger partial charge < -0.3 is 20.4 Å². The number of nitrogens with two attached hydrogens (primary N) is 1. The zero-order valence-corrected chi connectivity index (χ0v) is 15.6. The summed E-state index contributed by atoms with van der Waals surface area (Å²) in [6, 6.07) is 17.5. The van der Waals surface area contributed by atoms with Gasteiger partial charge in [0.2, 0.25) is 0 Å². The van der Waals surface area contributed by atoms with Crippen molar-refractivity contribution in [2.45, 2.75) is 6.54 Å². The van der Waals surface area contributed by atoms with Gasteiger partial charge in [-0.2, -0.15) is 0 Å². The minimum atomic E-state index is -0.282. The number of nitrogen functional groups attached to an aromatic ring is 1. The third kappa shape index (κ3) is 3.27. The predicted molar refractivity (Wildman–Crippen MR) is 109 cm³/mol. The van der Waals surface area contributed by atoms with Crippen LogP contribution in [0.15, 0.2) is 54.6 Å². The summed E-state index contributed by atoms with van der Waals surface area (Å²) >= 11 is 0. The molecule has 0 aliphatic rings. The number of ether oxygens (including phenoxy) is 1. The summed E-state index contributed by atoms with van der Waals surface area (Å²) < 4.78 is 6.85. The zero-order valence-electron chi connectivity index (χ0n) is 15.6. The van der Waals surface area contributed by atoms with Crippen LogP contribution in [0.3, 0.4) is 0 Å². The molecule has 7 nitrogen and oxygen atoms in total. The molecule has 1 amide bonds. The van der Waals surface area contributed by atoms with Gasteiger partial charge in [0.1, 0.15) is 16.9 Å². The number of fused-ring (bicyclic) bond motifs is 2. The molecule has 2 aromatic heterocycles. The molecule has 4 rings (SSSR count). The number of hydrogen-bond acceptors (Lipinski definition) is 5. The van der Waals surface area contributed by atoms with Crippen LogP contribution in [0.25, 0.3) is 22.2 Å². The predicted octanol–water partition coefficient (Wildman–Crippen LogP) is 2.59. The second-order valence-corrected chi connectivity index (χ2v) is 6.47. The Morgan fingerprint density at radius 1 is 1.07 bits per heavy atom. The Morgan fingerprint density at radius 2 is 1.75 bits per heavy atom. The van der Waals surface area contributed by atoms with E-state index >= 15 is 0 Å². The van der Waals surface area contributed by atoms with E-state index in [4.69, 9.17) is 20.4 Å². The van der Waals surface area contributed by atoms with E-state index in [-0.39, 0.29) is 5.91 Å². The van der Waals surface area contributed by atoms with E-state index in [2.05, 4.69) is 5.32 Å². The molecule has 0 fully saturated rings. The largest absolute Gasteiger partial charge is 0.384 e. The Hall–Kier alpha value is -3.45. The quantitative estimate of drug-likeness (QED) is 0.505. The van der Waals surface area contributed by atoms with Gasteiger partial charge in [0, 0.05) is 13.7 Å². The van der Waals surface area contributed by atoms with Gasteiger partial charge in [-0.25, -0.2) is 9.97 Å². The Bertz CT molecular complexity index is 1140. The number of carbonyl (C=O) groups excluding carboxylic acids is 1. The van der Waals surface area contributed by atoms with Crippen molar-refractivity contribution in [3.05, 3.63) is 65.7 Å². The van der Waals surface area contributed by atoms with Crippen molar-refractivity contribution in [3.63, 3.8) is 0 Å². The number of methoxy groups -OCH3 is 1. The summed E-state index contributed by atoms with van der Waals surface area (Å²) in [4.78, 5) is 22.3. The maximum atomic E-state index is 12.8. The number of amides is 1. The molecule has 0 aliphatic carbocycles. The van der Waals surface area contributed by atoms with E-state index in [0.717, 1.165) is 16.6 Å². The first-order chi connectivity index (χ1) is 13.7. The molecular weight excluding hydrogens is 354 g/mol. The average Bonchev–Trinajstić information content (AvgIpc) is 2.98. The maximum absolute atomic E-state index is 12.8. The SMILES string of the molecule is COCCNC(=O)c1c(N)n(Cc2ccccc2)c2nc3ccccc3nc12. The fourth-order valence-corrected chi connectivity index (χ4v) is 3.22. The fraction of sp³-hybridized carbons (Fsp3) is 0.190. The van der Waals surface area contributed by atoms with Crippen molar-refractivity contribution in [2.24, 2.45) is 0 Å². The summed E-state index contributed by atoms with van der Waals surface area (Å²) in [7, 11) is 1.59. The van der Waals surface area contributed by atoms with Crippen molar-refractivity contribution in [1.82, 2.24) is 19.9 Å². The number of benzene rings is 2. The van der Waals surface area contributed by atoms with Crippen molar-refractivity contribution >= 4 is 33.9 Å². The number of carbonyl (C=O) groups is 1. The van der Waals surface area contributed by atoms with E-state index in [1.165, 1.54) is 0 Å². The van der Waals surface area contributed by atoms with Crippen LogP contribution in [-0.4, -0.2) is 40.7 Å². The lowest BCUT2D eigenvalue weighted by molar-refractivity contribution is 0.0939. The van der Waals surface area contributed by atoms with Crippen LogP contribution in [0.5, 0.6) is 0 Å². The first kappa shape index (κ1) is 17.9.